The topological polar surface area (TPSA) is 166 Å². The van der Waals surface area contributed by atoms with Crippen LogP contribution in [0.2, 0.25) is 0 Å². The first-order chi connectivity index (χ1) is 28.7. The van der Waals surface area contributed by atoms with Crippen LogP contribution >= 0.6 is 11.8 Å². The third kappa shape index (κ3) is 23.4. The summed E-state index contributed by atoms with van der Waals surface area (Å²) in [5.41, 5.74) is -0.759. The van der Waals surface area contributed by atoms with Crippen molar-refractivity contribution < 1.29 is 28.8 Å². The molecular formula is C48H90N6O6S. The maximum absolute atomic E-state index is 14.0. The number of hydrogen-bond donors (Lipinski definition) is 5. The van der Waals surface area contributed by atoms with Crippen molar-refractivity contribution in [2.45, 2.75) is 213 Å². The Balaban J connectivity index is 0.00000225. The molecule has 0 aromatic carbocycles. The van der Waals surface area contributed by atoms with Gasteiger partial charge in [-0.2, -0.15) is 11.8 Å². The number of thioether (sulfide) groups is 1. The van der Waals surface area contributed by atoms with Gasteiger partial charge in [-0.15, -0.1) is 6.58 Å². The molecule has 4 atom stereocenters. The fourth-order valence-corrected chi connectivity index (χ4v) is 8.91. The predicted molar refractivity (Wildman–Crippen MR) is 255 cm³/mol. The monoisotopic (exact) mass is 879 g/mol. The number of Topliss-reactive ketones (excluding diaryl/α,β-unsaturated/α-hetero) is 1. The molecule has 3 saturated carbocycles. The number of hydrogen-bond acceptors (Lipinski definition) is 8. The number of ketones is 1. The van der Waals surface area contributed by atoms with Gasteiger partial charge in [-0.3, -0.25) is 19.2 Å². The Labute approximate surface area is 376 Å². The third-order valence-electron chi connectivity index (χ3n) is 11.2. The zero-order chi connectivity index (χ0) is 46.8. The van der Waals surface area contributed by atoms with Crippen LogP contribution in [-0.4, -0.2) is 102 Å². The van der Waals surface area contributed by atoms with Gasteiger partial charge in [0.05, 0.1) is 11.6 Å². The second-order valence-electron chi connectivity index (χ2n) is 19.5. The van der Waals surface area contributed by atoms with Crippen molar-refractivity contribution >= 4 is 48.1 Å². The third-order valence-corrected chi connectivity index (χ3v) is 12.8. The molecule has 0 spiro atoms. The number of amides is 5. The molecule has 61 heavy (non-hydrogen) atoms. The first-order valence-corrected chi connectivity index (χ1v) is 24.3. The van der Waals surface area contributed by atoms with E-state index in [1.807, 2.05) is 31.7 Å². The lowest BCUT2D eigenvalue weighted by molar-refractivity contribution is -0.142. The highest BCUT2D eigenvalue weighted by Gasteiger charge is 2.44. The van der Waals surface area contributed by atoms with Gasteiger partial charge in [0.15, 0.2) is 5.78 Å². The first kappa shape index (κ1) is 58.1. The summed E-state index contributed by atoms with van der Waals surface area (Å²) < 4.78 is 0.0734. The van der Waals surface area contributed by atoms with E-state index in [1.165, 1.54) is 13.3 Å². The van der Waals surface area contributed by atoms with Crippen LogP contribution in [-0.2, 0) is 24.0 Å². The van der Waals surface area contributed by atoms with Crippen LogP contribution in [0.5, 0.6) is 0 Å². The Bertz CT molecular complexity index is 1300. The molecule has 4 fully saturated rings. The largest absolute Gasteiger partial charge is 0.345 e. The molecule has 3 aliphatic carbocycles. The van der Waals surface area contributed by atoms with Gasteiger partial charge >= 0.3 is 6.03 Å². The second kappa shape index (κ2) is 30.2. The Hall–Kier alpha value is -2.93. The average Bonchev–Trinajstić information content (AvgIpc) is 3.88. The van der Waals surface area contributed by atoms with Crippen LogP contribution in [0.4, 0.5) is 4.79 Å². The van der Waals surface area contributed by atoms with Gasteiger partial charge in [0, 0.05) is 23.6 Å². The first-order valence-electron chi connectivity index (χ1n) is 23.4. The molecule has 4 rings (SSSR count). The lowest BCUT2D eigenvalue weighted by Gasteiger charge is -2.43. The minimum Gasteiger partial charge on any atom is -0.345 e. The van der Waals surface area contributed by atoms with Crippen molar-refractivity contribution in [2.24, 2.45) is 17.3 Å². The quantitative estimate of drug-likeness (QED) is 0.102. The molecule has 5 amide bonds. The predicted octanol–water partition coefficient (Wildman–Crippen LogP) is 8.51. The zero-order valence-corrected chi connectivity index (χ0v) is 41.5. The zero-order valence-electron chi connectivity index (χ0n) is 40.7. The van der Waals surface area contributed by atoms with Crippen LogP contribution in [0, 0.1) is 17.3 Å². The molecule has 13 heteroatoms. The van der Waals surface area contributed by atoms with Gasteiger partial charge in [-0.25, -0.2) is 4.79 Å². The lowest BCUT2D eigenvalue weighted by Crippen LogP contribution is -2.63. The van der Waals surface area contributed by atoms with Crippen molar-refractivity contribution in [2.75, 3.05) is 25.9 Å². The highest BCUT2D eigenvalue weighted by Crippen LogP contribution is 2.40. The van der Waals surface area contributed by atoms with E-state index < -0.39 is 29.6 Å². The lowest BCUT2D eigenvalue weighted by atomic mass is 9.70. The fraction of sp³-hybridized carbons (Fsp3) is 0.833. The van der Waals surface area contributed by atoms with E-state index in [0.29, 0.717) is 31.7 Å². The number of likely N-dealkylation sites (N-methyl/N-ethyl adjacent to an activating group) is 1. The molecule has 0 bridgehead atoms. The SMILES string of the molecule is C=CCNC.C=O.CC(=O)C(CC1CC1)NC(=O)C1CCCN1C(=O)[C@H](C)NC(=O)C(NC(=O)NC1(CSC(C)(C)C)CCCCC1)C1(C)CCCCC1.CC(C)C.CCC. The summed E-state index contributed by atoms with van der Waals surface area (Å²) in [5.74, 6) is 1.07. The number of nitrogens with one attached hydrogen (secondary N) is 5. The Morgan fingerprint density at radius 1 is 0.836 bits per heavy atom. The molecule has 0 aromatic heterocycles. The average molecular weight is 879 g/mol. The van der Waals surface area contributed by atoms with Crippen molar-refractivity contribution in [1.82, 2.24) is 31.5 Å². The molecule has 4 aliphatic rings. The summed E-state index contributed by atoms with van der Waals surface area (Å²) in [7, 11) is 1.89. The standard InChI is InChI=1S/C36H61N5O5S.C4H9N.C4H10.C3H8.CH2O/c1-24(32(45)41-21-13-14-28(41)30(43)38-27(25(2)42)22-26-15-16-26)37-31(44)29(35(6)17-9-7-10-18-35)39-33(46)40-36(19-11-8-12-20-36)23-47-34(3,4)5;1-3-4-5-2;1-4(2)3;1-3-2;1-2/h24,26-29H,7-23H2,1-6H3,(H,37,44)(H,38,43)(H2,39,40,46);3,5H,1,4H2,2H3;4H,1-3H3;3H2,1-2H3;1H2/t24-,27?,28?,29?;;;;/m0..../s1. The van der Waals surface area contributed by atoms with Crippen LogP contribution < -0.4 is 26.6 Å². The van der Waals surface area contributed by atoms with Crippen molar-refractivity contribution in [3.05, 3.63) is 12.7 Å². The molecule has 12 nitrogen and oxygen atoms in total. The number of rotatable bonds is 15. The van der Waals surface area contributed by atoms with Crippen LogP contribution in [0.25, 0.3) is 0 Å². The summed E-state index contributed by atoms with van der Waals surface area (Å²) in [6, 6.07) is -3.20. The molecule has 5 N–H and O–H groups in total. The highest BCUT2D eigenvalue weighted by molar-refractivity contribution is 8.00. The van der Waals surface area contributed by atoms with Crippen molar-refractivity contribution in [3.8, 4) is 0 Å². The van der Waals surface area contributed by atoms with Crippen LogP contribution in [0.15, 0.2) is 12.7 Å². The van der Waals surface area contributed by atoms with Gasteiger partial charge in [0.25, 0.3) is 0 Å². The van der Waals surface area contributed by atoms with Crippen LogP contribution in [0.3, 0.4) is 0 Å². The van der Waals surface area contributed by atoms with E-state index in [9.17, 15) is 24.0 Å². The Morgan fingerprint density at radius 2 is 1.36 bits per heavy atom. The Kier molecular flexibility index (Phi) is 28.8. The van der Waals surface area contributed by atoms with Crippen LogP contribution in [0.1, 0.15) is 179 Å². The van der Waals surface area contributed by atoms with E-state index in [2.05, 4.69) is 95.5 Å². The maximum Gasteiger partial charge on any atom is 0.315 e. The van der Waals surface area contributed by atoms with Crippen molar-refractivity contribution in [1.29, 1.82) is 0 Å². The van der Waals surface area contributed by atoms with Gasteiger partial charge < -0.3 is 36.3 Å². The molecule has 1 heterocycles. The molecule has 354 valence electrons. The highest BCUT2D eigenvalue weighted by atomic mass is 32.2. The number of urea groups is 1. The molecule has 3 unspecified atom stereocenters. The maximum atomic E-state index is 14.0. The molecule has 1 saturated heterocycles. The normalized spacial score (nSPS) is 20.3. The van der Waals surface area contributed by atoms with E-state index in [0.717, 1.165) is 95.3 Å². The number of carbonyl (C=O) groups excluding carboxylic acids is 6. The summed E-state index contributed by atoms with van der Waals surface area (Å²) in [6.45, 7) is 29.4. The Morgan fingerprint density at radius 3 is 1.80 bits per heavy atom. The molecule has 1 aliphatic heterocycles. The summed E-state index contributed by atoms with van der Waals surface area (Å²) in [5, 5.41) is 15.2. The number of nitrogens with zero attached hydrogens (tertiary/aromatic N) is 1. The van der Waals surface area contributed by atoms with Gasteiger partial charge in [-0.05, 0) is 83.1 Å². The minimum absolute atomic E-state index is 0.0668. The van der Waals surface area contributed by atoms with E-state index in [1.54, 1.807) is 11.8 Å². The van der Waals surface area contributed by atoms with Gasteiger partial charge in [0.1, 0.15) is 24.9 Å². The summed E-state index contributed by atoms with van der Waals surface area (Å²) in [4.78, 5) is 76.6. The summed E-state index contributed by atoms with van der Waals surface area (Å²) >= 11 is 1.86. The summed E-state index contributed by atoms with van der Waals surface area (Å²) in [6.07, 6.45) is 16.9. The van der Waals surface area contributed by atoms with E-state index in [4.69, 9.17) is 4.79 Å². The smallest absolute Gasteiger partial charge is 0.315 e. The fourth-order valence-electron chi connectivity index (χ4n) is 7.84. The second-order valence-corrected chi connectivity index (χ2v) is 21.3. The van der Waals surface area contributed by atoms with E-state index in [-0.39, 0.29) is 39.8 Å². The minimum atomic E-state index is -0.876. The number of likely N-dealkylation sites (tertiary alicyclic amines) is 1. The van der Waals surface area contributed by atoms with Gasteiger partial charge in [-0.1, -0.05) is 126 Å². The molecule has 0 aromatic rings. The van der Waals surface area contributed by atoms with Gasteiger partial charge in [0.2, 0.25) is 17.7 Å². The molecule has 0 radical (unpaired) electrons. The number of carbonyl (C=O) groups is 6. The van der Waals surface area contributed by atoms with E-state index >= 15 is 0 Å². The van der Waals surface area contributed by atoms with Crippen molar-refractivity contribution in [3.63, 3.8) is 0 Å². The molecular weight excluding hydrogens is 789 g/mol.